The van der Waals surface area contributed by atoms with Gasteiger partial charge in [-0.15, -0.1) is 0 Å². The molecule has 0 aromatic carbocycles. The van der Waals surface area contributed by atoms with Crippen molar-refractivity contribution in [3.8, 4) is 0 Å². The van der Waals surface area contributed by atoms with Gasteiger partial charge in [-0.25, -0.2) is 14.8 Å². The van der Waals surface area contributed by atoms with Crippen LogP contribution in [0.25, 0.3) is 11.0 Å². The van der Waals surface area contributed by atoms with Gasteiger partial charge in [0.05, 0.1) is 12.7 Å². The van der Waals surface area contributed by atoms with Gasteiger partial charge in [0.25, 0.3) is 5.56 Å². The zero-order valence-corrected chi connectivity index (χ0v) is 23.0. The van der Waals surface area contributed by atoms with Gasteiger partial charge in [-0.05, 0) is 56.2 Å². The van der Waals surface area contributed by atoms with E-state index in [2.05, 4.69) is 26.3 Å². The first-order chi connectivity index (χ1) is 19.4. The highest BCUT2D eigenvalue weighted by atomic mass is 16.5. The molecule has 0 atom stereocenters. The molecular formula is C29H35N7O4. The summed E-state index contributed by atoms with van der Waals surface area (Å²) >= 11 is 0. The topological polar surface area (TPSA) is 123 Å². The first-order valence-electron chi connectivity index (χ1n) is 14.1. The van der Waals surface area contributed by atoms with E-state index in [4.69, 9.17) is 9.72 Å². The molecule has 3 aromatic heterocycles. The molecule has 3 fully saturated rings. The van der Waals surface area contributed by atoms with Crippen molar-refractivity contribution in [1.29, 1.82) is 0 Å². The molecule has 40 heavy (non-hydrogen) atoms. The number of Topliss-reactive ketones (excluding diaryl/α,β-unsaturated/α-hetero) is 1. The minimum absolute atomic E-state index is 0.0393. The van der Waals surface area contributed by atoms with Gasteiger partial charge >= 0.3 is 6.09 Å². The van der Waals surface area contributed by atoms with E-state index in [-0.39, 0.29) is 29.0 Å². The zero-order valence-electron chi connectivity index (χ0n) is 23.0. The van der Waals surface area contributed by atoms with E-state index >= 15 is 0 Å². The summed E-state index contributed by atoms with van der Waals surface area (Å²) in [6.45, 7) is 4.60. The second-order valence-corrected chi connectivity index (χ2v) is 11.1. The quantitative estimate of drug-likeness (QED) is 0.460. The Labute approximate surface area is 232 Å². The number of hydrogen-bond donors (Lipinski definition) is 1. The monoisotopic (exact) mass is 545 g/mol. The molecule has 2 aliphatic carbocycles. The number of amides is 1. The number of carbonyl (C=O) groups is 2. The maximum absolute atomic E-state index is 13.2. The summed E-state index contributed by atoms with van der Waals surface area (Å²) < 4.78 is 6.53. The third-order valence-electron chi connectivity index (χ3n) is 8.72. The fraction of sp³-hybridized carbons (Fsp3) is 0.517. The summed E-state index contributed by atoms with van der Waals surface area (Å²) in [4.78, 5) is 55.1. The molecule has 0 bridgehead atoms. The number of ether oxygens (including phenoxy) is 1. The summed E-state index contributed by atoms with van der Waals surface area (Å²) in [5, 5.41) is 3.86. The molecular weight excluding hydrogens is 510 g/mol. The van der Waals surface area contributed by atoms with Gasteiger partial charge in [0.1, 0.15) is 11.5 Å². The highest BCUT2D eigenvalue weighted by Crippen LogP contribution is 2.40. The highest BCUT2D eigenvalue weighted by Gasteiger charge is 2.36. The predicted octanol–water partition coefficient (Wildman–Crippen LogP) is 3.88. The van der Waals surface area contributed by atoms with E-state index in [0.717, 1.165) is 51.6 Å². The fourth-order valence-electron chi connectivity index (χ4n) is 6.33. The number of methoxy groups -OCH3 is 1. The largest absolute Gasteiger partial charge is 0.453 e. The lowest BCUT2D eigenvalue weighted by Crippen LogP contribution is -2.54. The number of ketones is 1. The third-order valence-corrected chi connectivity index (χ3v) is 8.72. The van der Waals surface area contributed by atoms with Crippen LogP contribution >= 0.6 is 0 Å². The van der Waals surface area contributed by atoms with Gasteiger partial charge < -0.3 is 15.0 Å². The van der Waals surface area contributed by atoms with Crippen molar-refractivity contribution < 1.29 is 14.3 Å². The minimum atomic E-state index is -0.275. The number of pyridine rings is 2. The van der Waals surface area contributed by atoms with E-state index in [1.54, 1.807) is 21.7 Å². The average Bonchev–Trinajstić information content (AvgIpc) is 3.47. The van der Waals surface area contributed by atoms with Crippen LogP contribution in [0.5, 0.6) is 0 Å². The van der Waals surface area contributed by atoms with Crippen molar-refractivity contribution in [2.45, 2.75) is 63.5 Å². The Balaban J connectivity index is 1.12. The second-order valence-electron chi connectivity index (χ2n) is 11.1. The zero-order chi connectivity index (χ0) is 27.8. The van der Waals surface area contributed by atoms with Crippen LogP contribution in [0.1, 0.15) is 73.3 Å². The van der Waals surface area contributed by atoms with Gasteiger partial charge in [0, 0.05) is 56.0 Å². The lowest BCUT2D eigenvalue weighted by molar-refractivity contribution is 0.0458. The van der Waals surface area contributed by atoms with E-state index in [0.29, 0.717) is 47.8 Å². The van der Waals surface area contributed by atoms with Crippen molar-refractivity contribution >= 4 is 34.7 Å². The predicted molar refractivity (Wildman–Crippen MR) is 150 cm³/mol. The molecule has 2 saturated carbocycles. The van der Waals surface area contributed by atoms with Crippen LogP contribution in [0.4, 0.5) is 16.6 Å². The van der Waals surface area contributed by atoms with Crippen LogP contribution in [0.2, 0.25) is 0 Å². The lowest BCUT2D eigenvalue weighted by Gasteiger charge is -2.46. The van der Waals surface area contributed by atoms with E-state index < -0.39 is 0 Å². The standard InChI is InChI=1S/C29H35N7O4/c1-18(37)24-15-21-17-31-28(33-26(21)36(27(24)38)22-5-3-4-6-22)32-25-8-7-19(16-30-25)20-13-23(14-20)34-9-11-35(12-10-34)29(39)40-2/h7-8,15-17,20,22-23H,3-6,9-14H2,1-2H3,(H,30,31,32,33). The fourth-order valence-corrected chi connectivity index (χ4v) is 6.33. The SMILES string of the molecule is COC(=O)N1CCN(C2CC(c3ccc(Nc4ncc5cc(C(C)=O)c(=O)n(C6CCCC6)c5n4)nc3)C2)CC1. The Hall–Kier alpha value is -3.86. The van der Waals surface area contributed by atoms with Crippen LogP contribution in [0, 0.1) is 0 Å². The third kappa shape index (κ3) is 5.05. The van der Waals surface area contributed by atoms with Crippen molar-refractivity contribution in [1.82, 2.24) is 29.3 Å². The van der Waals surface area contributed by atoms with E-state index in [9.17, 15) is 14.4 Å². The molecule has 1 saturated heterocycles. The van der Waals surface area contributed by atoms with Gasteiger partial charge in [0.2, 0.25) is 5.95 Å². The molecule has 210 valence electrons. The number of fused-ring (bicyclic) bond motifs is 1. The molecule has 1 N–H and O–H groups in total. The molecule has 1 amide bonds. The van der Waals surface area contributed by atoms with Crippen LogP contribution < -0.4 is 10.9 Å². The van der Waals surface area contributed by atoms with Crippen molar-refractivity contribution in [3.05, 3.63) is 52.1 Å². The molecule has 11 nitrogen and oxygen atoms in total. The highest BCUT2D eigenvalue weighted by molar-refractivity contribution is 5.96. The second kappa shape index (κ2) is 11.0. The maximum atomic E-state index is 13.2. The first-order valence-corrected chi connectivity index (χ1v) is 14.1. The van der Waals surface area contributed by atoms with Crippen molar-refractivity contribution in [3.63, 3.8) is 0 Å². The van der Waals surface area contributed by atoms with Crippen molar-refractivity contribution in [2.24, 2.45) is 0 Å². The number of aromatic nitrogens is 4. The Morgan fingerprint density at radius 2 is 1.75 bits per heavy atom. The molecule has 11 heteroatoms. The molecule has 0 radical (unpaired) electrons. The van der Waals surface area contributed by atoms with Crippen LogP contribution in [0.3, 0.4) is 0 Å². The summed E-state index contributed by atoms with van der Waals surface area (Å²) in [6.07, 6.45) is 9.42. The summed E-state index contributed by atoms with van der Waals surface area (Å²) in [5.74, 6) is 1.22. The number of nitrogens with one attached hydrogen (secondary N) is 1. The molecule has 6 rings (SSSR count). The van der Waals surface area contributed by atoms with Crippen LogP contribution in [0.15, 0.2) is 35.4 Å². The van der Waals surface area contributed by atoms with Gasteiger partial charge in [0.15, 0.2) is 5.78 Å². The summed E-state index contributed by atoms with van der Waals surface area (Å²) in [7, 11) is 1.43. The number of anilines is 2. The molecule has 1 aliphatic heterocycles. The summed E-state index contributed by atoms with van der Waals surface area (Å²) in [6, 6.07) is 6.22. The number of hydrogen-bond acceptors (Lipinski definition) is 9. The summed E-state index contributed by atoms with van der Waals surface area (Å²) in [5.41, 5.74) is 1.66. The van der Waals surface area contributed by atoms with E-state index in [1.165, 1.54) is 19.6 Å². The molecule has 0 spiro atoms. The van der Waals surface area contributed by atoms with E-state index in [1.807, 2.05) is 12.3 Å². The number of piperazine rings is 1. The van der Waals surface area contributed by atoms with Crippen molar-refractivity contribution in [2.75, 3.05) is 38.6 Å². The van der Waals surface area contributed by atoms with Gasteiger partial charge in [-0.1, -0.05) is 18.9 Å². The van der Waals surface area contributed by atoms with Gasteiger partial charge in [-0.2, -0.15) is 4.98 Å². The first kappa shape index (κ1) is 26.4. The van der Waals surface area contributed by atoms with Crippen LogP contribution in [-0.4, -0.2) is 80.5 Å². The molecule has 3 aromatic rings. The Morgan fingerprint density at radius 3 is 2.40 bits per heavy atom. The number of carbonyl (C=O) groups excluding carboxylic acids is 2. The molecule has 0 unspecified atom stereocenters. The Morgan fingerprint density at radius 1 is 1.00 bits per heavy atom. The number of nitrogens with zero attached hydrogens (tertiary/aromatic N) is 6. The minimum Gasteiger partial charge on any atom is -0.453 e. The Kier molecular flexibility index (Phi) is 7.22. The number of rotatable bonds is 6. The van der Waals surface area contributed by atoms with Crippen LogP contribution in [-0.2, 0) is 4.74 Å². The smallest absolute Gasteiger partial charge is 0.409 e. The lowest BCUT2D eigenvalue weighted by atomic mass is 9.75. The molecule has 4 heterocycles. The average molecular weight is 546 g/mol. The Bertz CT molecular complexity index is 1470. The normalized spacial score (nSPS) is 21.8. The molecule has 3 aliphatic rings. The van der Waals surface area contributed by atoms with Gasteiger partial charge in [-0.3, -0.25) is 19.1 Å². The maximum Gasteiger partial charge on any atom is 0.409 e.